The Morgan fingerprint density at radius 1 is 1.00 bits per heavy atom. The Kier molecular flexibility index (Phi) is 2.61. The van der Waals surface area contributed by atoms with E-state index < -0.39 is 0 Å². The summed E-state index contributed by atoms with van der Waals surface area (Å²) in [6.07, 6.45) is 5.12. The van der Waals surface area contributed by atoms with Crippen molar-refractivity contribution in [3.05, 3.63) is 54.7 Å². The van der Waals surface area contributed by atoms with Gasteiger partial charge >= 0.3 is 0 Å². The molecule has 0 aliphatic heterocycles. The van der Waals surface area contributed by atoms with E-state index in [0.717, 1.165) is 22.6 Å². The van der Waals surface area contributed by atoms with Crippen molar-refractivity contribution in [3.63, 3.8) is 0 Å². The Morgan fingerprint density at radius 2 is 1.94 bits per heavy atom. The first-order chi connectivity index (χ1) is 8.83. The van der Waals surface area contributed by atoms with Gasteiger partial charge in [0, 0.05) is 23.7 Å². The van der Waals surface area contributed by atoms with Gasteiger partial charge in [-0.3, -0.25) is 9.97 Å². The van der Waals surface area contributed by atoms with Gasteiger partial charge in [-0.05, 0) is 31.2 Å². The van der Waals surface area contributed by atoms with Crippen LogP contribution in [0.3, 0.4) is 0 Å². The van der Waals surface area contributed by atoms with E-state index in [9.17, 15) is 0 Å². The summed E-state index contributed by atoms with van der Waals surface area (Å²) in [5.41, 5.74) is 3.41. The third kappa shape index (κ3) is 2.00. The van der Waals surface area contributed by atoms with Gasteiger partial charge in [-0.2, -0.15) is 0 Å². The van der Waals surface area contributed by atoms with Crippen molar-refractivity contribution in [2.45, 2.75) is 6.92 Å². The third-order valence-corrected chi connectivity index (χ3v) is 2.60. The SMILES string of the molecule is Cc1ccc(-c2coc(-c3ccccn3)n2)cn1. The van der Waals surface area contributed by atoms with Gasteiger partial charge in [0.15, 0.2) is 0 Å². The van der Waals surface area contributed by atoms with Crippen molar-refractivity contribution in [2.24, 2.45) is 0 Å². The molecule has 0 atom stereocenters. The summed E-state index contributed by atoms with van der Waals surface area (Å²) in [6, 6.07) is 9.55. The maximum absolute atomic E-state index is 5.43. The topological polar surface area (TPSA) is 51.8 Å². The zero-order valence-electron chi connectivity index (χ0n) is 9.87. The van der Waals surface area contributed by atoms with E-state index in [4.69, 9.17) is 4.42 Å². The van der Waals surface area contributed by atoms with E-state index in [-0.39, 0.29) is 0 Å². The first-order valence-electron chi connectivity index (χ1n) is 5.63. The summed E-state index contributed by atoms with van der Waals surface area (Å²) >= 11 is 0. The van der Waals surface area contributed by atoms with Crippen LogP contribution < -0.4 is 0 Å². The number of hydrogen-bond donors (Lipinski definition) is 0. The lowest BCUT2D eigenvalue weighted by molar-refractivity contribution is 0.572. The predicted octanol–water partition coefficient (Wildman–Crippen LogP) is 3.11. The van der Waals surface area contributed by atoms with E-state index in [2.05, 4.69) is 15.0 Å². The molecule has 0 spiro atoms. The smallest absolute Gasteiger partial charge is 0.245 e. The predicted molar refractivity (Wildman–Crippen MR) is 67.7 cm³/mol. The molecule has 0 bridgehead atoms. The fraction of sp³-hybridized carbons (Fsp3) is 0.0714. The molecular weight excluding hydrogens is 226 g/mol. The highest BCUT2D eigenvalue weighted by Crippen LogP contribution is 2.22. The first kappa shape index (κ1) is 10.7. The number of hydrogen-bond acceptors (Lipinski definition) is 4. The molecule has 3 aromatic rings. The molecule has 0 radical (unpaired) electrons. The fourth-order valence-corrected chi connectivity index (χ4v) is 1.63. The van der Waals surface area contributed by atoms with Crippen LogP contribution >= 0.6 is 0 Å². The minimum absolute atomic E-state index is 0.520. The van der Waals surface area contributed by atoms with Crippen LogP contribution in [-0.2, 0) is 0 Å². The van der Waals surface area contributed by atoms with Crippen LogP contribution in [-0.4, -0.2) is 15.0 Å². The molecule has 0 N–H and O–H groups in total. The van der Waals surface area contributed by atoms with Gasteiger partial charge < -0.3 is 4.42 Å². The van der Waals surface area contributed by atoms with Gasteiger partial charge in [0.25, 0.3) is 0 Å². The van der Waals surface area contributed by atoms with Crippen LogP contribution in [0.15, 0.2) is 53.4 Å². The molecule has 0 unspecified atom stereocenters. The second-order valence-corrected chi connectivity index (χ2v) is 3.94. The molecule has 4 heteroatoms. The Balaban J connectivity index is 1.97. The Bertz CT molecular complexity index is 644. The molecule has 3 aromatic heterocycles. The van der Waals surface area contributed by atoms with Gasteiger partial charge in [-0.25, -0.2) is 4.98 Å². The molecule has 0 aliphatic rings. The second kappa shape index (κ2) is 4.41. The number of nitrogens with zero attached hydrogens (tertiary/aromatic N) is 3. The largest absolute Gasteiger partial charge is 0.443 e. The number of aryl methyl sites for hydroxylation is 1. The van der Waals surface area contributed by atoms with Crippen LogP contribution in [0.25, 0.3) is 22.8 Å². The van der Waals surface area contributed by atoms with Crippen molar-refractivity contribution >= 4 is 0 Å². The molecule has 88 valence electrons. The molecule has 18 heavy (non-hydrogen) atoms. The number of rotatable bonds is 2. The Labute approximate surface area is 104 Å². The van der Waals surface area contributed by atoms with Crippen LogP contribution in [0, 0.1) is 6.92 Å². The lowest BCUT2D eigenvalue weighted by Gasteiger charge is -1.95. The van der Waals surface area contributed by atoms with E-state index in [1.807, 2.05) is 37.3 Å². The molecule has 0 saturated heterocycles. The van der Waals surface area contributed by atoms with E-state index >= 15 is 0 Å². The second-order valence-electron chi connectivity index (χ2n) is 3.94. The third-order valence-electron chi connectivity index (χ3n) is 2.60. The van der Waals surface area contributed by atoms with Gasteiger partial charge in [0.1, 0.15) is 17.7 Å². The lowest BCUT2D eigenvalue weighted by Crippen LogP contribution is -1.84. The summed E-state index contributed by atoms with van der Waals surface area (Å²) < 4.78 is 5.43. The lowest BCUT2D eigenvalue weighted by atomic mass is 10.2. The number of aromatic nitrogens is 3. The molecule has 3 rings (SSSR count). The molecular formula is C14H11N3O. The number of oxazole rings is 1. The van der Waals surface area contributed by atoms with Crippen LogP contribution in [0.1, 0.15) is 5.69 Å². The maximum atomic E-state index is 5.43. The quantitative estimate of drug-likeness (QED) is 0.687. The summed E-state index contributed by atoms with van der Waals surface area (Å²) in [7, 11) is 0. The average molecular weight is 237 g/mol. The fourth-order valence-electron chi connectivity index (χ4n) is 1.63. The number of pyridine rings is 2. The first-order valence-corrected chi connectivity index (χ1v) is 5.63. The molecule has 0 saturated carbocycles. The molecule has 0 amide bonds. The maximum Gasteiger partial charge on any atom is 0.245 e. The molecule has 0 fully saturated rings. The van der Waals surface area contributed by atoms with Crippen molar-refractivity contribution < 1.29 is 4.42 Å². The van der Waals surface area contributed by atoms with E-state index in [1.54, 1.807) is 18.7 Å². The van der Waals surface area contributed by atoms with E-state index in [0.29, 0.717) is 5.89 Å². The Hall–Kier alpha value is -2.49. The van der Waals surface area contributed by atoms with Crippen LogP contribution in [0.5, 0.6) is 0 Å². The van der Waals surface area contributed by atoms with Crippen LogP contribution in [0.4, 0.5) is 0 Å². The van der Waals surface area contributed by atoms with Crippen molar-refractivity contribution in [1.82, 2.24) is 15.0 Å². The van der Waals surface area contributed by atoms with Crippen molar-refractivity contribution in [3.8, 4) is 22.8 Å². The summed E-state index contributed by atoms with van der Waals surface area (Å²) in [6.45, 7) is 1.95. The van der Waals surface area contributed by atoms with E-state index in [1.165, 1.54) is 0 Å². The van der Waals surface area contributed by atoms with Crippen molar-refractivity contribution in [1.29, 1.82) is 0 Å². The summed E-state index contributed by atoms with van der Waals surface area (Å²) in [5, 5.41) is 0. The average Bonchev–Trinajstić information content (AvgIpc) is 2.90. The van der Waals surface area contributed by atoms with Crippen LogP contribution in [0.2, 0.25) is 0 Å². The summed E-state index contributed by atoms with van der Waals surface area (Å²) in [5.74, 6) is 0.520. The van der Waals surface area contributed by atoms with Gasteiger partial charge in [-0.15, -0.1) is 0 Å². The molecule has 0 aromatic carbocycles. The molecule has 0 aliphatic carbocycles. The molecule has 3 heterocycles. The Morgan fingerprint density at radius 3 is 2.67 bits per heavy atom. The zero-order valence-corrected chi connectivity index (χ0v) is 9.87. The highest BCUT2D eigenvalue weighted by Gasteiger charge is 2.08. The molecule has 4 nitrogen and oxygen atoms in total. The zero-order chi connectivity index (χ0) is 12.4. The standard InChI is InChI=1S/C14H11N3O/c1-10-5-6-11(8-16-10)13-9-18-14(17-13)12-4-2-3-7-15-12/h2-9H,1H3. The summed E-state index contributed by atoms with van der Waals surface area (Å²) in [4.78, 5) is 12.8. The highest BCUT2D eigenvalue weighted by atomic mass is 16.3. The van der Waals surface area contributed by atoms with Gasteiger partial charge in [0.2, 0.25) is 5.89 Å². The highest BCUT2D eigenvalue weighted by molar-refractivity contribution is 5.60. The minimum atomic E-state index is 0.520. The van der Waals surface area contributed by atoms with Gasteiger partial charge in [-0.1, -0.05) is 6.07 Å². The van der Waals surface area contributed by atoms with Gasteiger partial charge in [0.05, 0.1) is 0 Å². The monoisotopic (exact) mass is 237 g/mol. The van der Waals surface area contributed by atoms with Crippen molar-refractivity contribution in [2.75, 3.05) is 0 Å². The minimum Gasteiger partial charge on any atom is -0.443 e. The normalized spacial score (nSPS) is 10.5.